The van der Waals surface area contributed by atoms with Gasteiger partial charge in [-0.3, -0.25) is 4.79 Å². The van der Waals surface area contributed by atoms with E-state index in [9.17, 15) is 9.18 Å². The number of hydrogen-bond donors (Lipinski definition) is 1. The Bertz CT molecular complexity index is 834. The fraction of sp³-hybridized carbons (Fsp3) is 0.455. The Hall–Kier alpha value is -2.83. The Morgan fingerprint density at radius 2 is 1.97 bits per heavy atom. The molecule has 2 aromatic rings. The molecule has 2 fully saturated rings. The number of amides is 1. The van der Waals surface area contributed by atoms with E-state index in [-0.39, 0.29) is 29.8 Å². The summed E-state index contributed by atoms with van der Waals surface area (Å²) in [6.45, 7) is 1.77. The van der Waals surface area contributed by atoms with Gasteiger partial charge < -0.3 is 19.7 Å². The number of rotatable bonds is 6. The van der Waals surface area contributed by atoms with Crippen LogP contribution in [0, 0.1) is 11.7 Å². The first kappa shape index (κ1) is 19.5. The van der Waals surface area contributed by atoms with E-state index in [0.29, 0.717) is 24.3 Å². The summed E-state index contributed by atoms with van der Waals surface area (Å²) >= 11 is 0. The van der Waals surface area contributed by atoms with Gasteiger partial charge in [0.25, 0.3) is 0 Å². The van der Waals surface area contributed by atoms with E-state index in [2.05, 4.69) is 15.2 Å². The van der Waals surface area contributed by atoms with E-state index in [0.717, 1.165) is 31.7 Å². The van der Waals surface area contributed by atoms with Gasteiger partial charge in [0.2, 0.25) is 5.91 Å². The number of carbonyl (C=O) groups excluding carboxylic acids is 1. The van der Waals surface area contributed by atoms with Crippen LogP contribution in [0.3, 0.4) is 0 Å². The number of anilines is 1. The van der Waals surface area contributed by atoms with E-state index in [4.69, 9.17) is 9.47 Å². The number of nitrogens with one attached hydrogen (secondary N) is 1. The van der Waals surface area contributed by atoms with Gasteiger partial charge in [-0.1, -0.05) is 6.07 Å². The Balaban J connectivity index is 1.21. The fourth-order valence-corrected chi connectivity index (χ4v) is 3.91. The van der Waals surface area contributed by atoms with Crippen LogP contribution in [0.1, 0.15) is 25.7 Å². The molecular weight excluding hydrogens is 373 g/mol. The first-order chi connectivity index (χ1) is 14.1. The standard InChI is InChI=1S/C22H26FN3O3/c1-28-19-6-5-16(23)14-20(19)29-18-12-15(13-18)22(27)25-17-7-10-26(11-8-17)21-4-2-3-9-24-21/h2-6,9,14-15,17-18H,7-8,10-13H2,1H3,(H,25,27)/t15-,18-. The number of nitrogens with zero attached hydrogens (tertiary/aromatic N) is 2. The Kier molecular flexibility index (Phi) is 5.83. The van der Waals surface area contributed by atoms with Crippen molar-refractivity contribution < 1.29 is 18.7 Å². The first-order valence-corrected chi connectivity index (χ1v) is 10.1. The summed E-state index contributed by atoms with van der Waals surface area (Å²) in [5.74, 6) is 1.55. The van der Waals surface area contributed by atoms with E-state index >= 15 is 0 Å². The van der Waals surface area contributed by atoms with Crippen LogP contribution in [0.2, 0.25) is 0 Å². The Morgan fingerprint density at radius 3 is 2.66 bits per heavy atom. The molecule has 0 atom stereocenters. The van der Waals surface area contributed by atoms with Crippen LogP contribution in [0.4, 0.5) is 10.2 Å². The topological polar surface area (TPSA) is 63.7 Å². The highest BCUT2D eigenvalue weighted by atomic mass is 19.1. The molecule has 2 aliphatic rings. The van der Waals surface area contributed by atoms with Crippen molar-refractivity contribution in [2.75, 3.05) is 25.1 Å². The third-order valence-corrected chi connectivity index (χ3v) is 5.70. The third kappa shape index (κ3) is 4.60. The van der Waals surface area contributed by atoms with Gasteiger partial charge in [-0.25, -0.2) is 9.37 Å². The van der Waals surface area contributed by atoms with E-state index in [1.165, 1.54) is 19.2 Å². The van der Waals surface area contributed by atoms with Crippen LogP contribution in [0.25, 0.3) is 0 Å². The lowest BCUT2D eigenvalue weighted by molar-refractivity contribution is -0.131. The zero-order valence-electron chi connectivity index (χ0n) is 16.5. The third-order valence-electron chi connectivity index (χ3n) is 5.70. The smallest absolute Gasteiger partial charge is 0.223 e. The molecule has 0 bridgehead atoms. The molecule has 0 unspecified atom stereocenters. The monoisotopic (exact) mass is 399 g/mol. The quantitative estimate of drug-likeness (QED) is 0.808. The van der Waals surface area contributed by atoms with Crippen molar-refractivity contribution in [3.05, 3.63) is 48.4 Å². The summed E-state index contributed by atoms with van der Waals surface area (Å²) in [5, 5.41) is 3.18. The predicted octanol–water partition coefficient (Wildman–Crippen LogP) is 3.17. The second-order valence-electron chi connectivity index (χ2n) is 7.66. The van der Waals surface area contributed by atoms with E-state index < -0.39 is 0 Å². The molecule has 7 heteroatoms. The maximum absolute atomic E-state index is 13.5. The minimum absolute atomic E-state index is 0.0478. The molecule has 1 saturated heterocycles. The molecule has 1 saturated carbocycles. The molecule has 1 aromatic carbocycles. The number of carbonyl (C=O) groups is 1. The highest BCUT2D eigenvalue weighted by Crippen LogP contribution is 2.36. The lowest BCUT2D eigenvalue weighted by atomic mass is 9.81. The van der Waals surface area contributed by atoms with Gasteiger partial charge in [-0.2, -0.15) is 0 Å². The Morgan fingerprint density at radius 1 is 1.17 bits per heavy atom. The van der Waals surface area contributed by atoms with Gasteiger partial charge in [0.05, 0.1) is 7.11 Å². The summed E-state index contributed by atoms with van der Waals surface area (Å²) in [5.41, 5.74) is 0. The maximum atomic E-state index is 13.5. The molecule has 1 aromatic heterocycles. The summed E-state index contributed by atoms with van der Waals surface area (Å²) in [6.07, 6.45) is 4.81. The second-order valence-corrected chi connectivity index (χ2v) is 7.66. The number of benzene rings is 1. The van der Waals surface area contributed by atoms with Crippen LogP contribution in [0.5, 0.6) is 11.5 Å². The number of hydrogen-bond acceptors (Lipinski definition) is 5. The van der Waals surface area contributed by atoms with Crippen molar-refractivity contribution in [1.82, 2.24) is 10.3 Å². The molecule has 154 valence electrons. The van der Waals surface area contributed by atoms with Crippen molar-refractivity contribution >= 4 is 11.7 Å². The van der Waals surface area contributed by atoms with Crippen LogP contribution in [-0.4, -0.2) is 43.2 Å². The molecule has 29 heavy (non-hydrogen) atoms. The average Bonchev–Trinajstić information content (AvgIpc) is 2.71. The molecule has 4 rings (SSSR count). The highest BCUT2D eigenvalue weighted by molar-refractivity contribution is 5.80. The van der Waals surface area contributed by atoms with Crippen LogP contribution in [-0.2, 0) is 4.79 Å². The lowest BCUT2D eigenvalue weighted by Crippen LogP contribution is -2.50. The van der Waals surface area contributed by atoms with Crippen molar-refractivity contribution in [3.8, 4) is 11.5 Å². The largest absolute Gasteiger partial charge is 0.493 e. The summed E-state index contributed by atoms with van der Waals surface area (Å²) < 4.78 is 24.5. The SMILES string of the molecule is COc1ccc(F)cc1O[C@H]1C[C@H](C(=O)NC2CCN(c3ccccn3)CC2)C1. The number of pyridine rings is 1. The van der Waals surface area contributed by atoms with E-state index in [1.54, 1.807) is 12.3 Å². The zero-order valence-corrected chi connectivity index (χ0v) is 16.5. The summed E-state index contributed by atoms with van der Waals surface area (Å²) in [4.78, 5) is 19.2. The van der Waals surface area contributed by atoms with Gasteiger partial charge in [-0.05, 0) is 49.9 Å². The summed E-state index contributed by atoms with van der Waals surface area (Å²) in [7, 11) is 1.52. The normalized spacial score (nSPS) is 21.9. The first-order valence-electron chi connectivity index (χ1n) is 10.1. The molecule has 0 radical (unpaired) electrons. The number of piperidine rings is 1. The molecule has 1 aliphatic carbocycles. The van der Waals surface area contributed by atoms with Crippen LogP contribution >= 0.6 is 0 Å². The molecule has 1 amide bonds. The van der Waals surface area contributed by atoms with Gasteiger partial charge in [-0.15, -0.1) is 0 Å². The number of methoxy groups -OCH3 is 1. The minimum atomic E-state index is -0.369. The van der Waals surface area contributed by atoms with Crippen molar-refractivity contribution in [3.63, 3.8) is 0 Å². The minimum Gasteiger partial charge on any atom is -0.493 e. The Labute approximate surface area is 170 Å². The number of aromatic nitrogens is 1. The van der Waals surface area contributed by atoms with Crippen molar-refractivity contribution in [1.29, 1.82) is 0 Å². The molecule has 2 heterocycles. The maximum Gasteiger partial charge on any atom is 0.223 e. The van der Waals surface area contributed by atoms with Crippen molar-refractivity contribution in [2.24, 2.45) is 5.92 Å². The van der Waals surface area contributed by atoms with E-state index in [1.807, 2.05) is 18.2 Å². The molecule has 1 aliphatic heterocycles. The van der Waals surface area contributed by atoms with Crippen LogP contribution in [0.15, 0.2) is 42.6 Å². The highest BCUT2D eigenvalue weighted by Gasteiger charge is 2.37. The second kappa shape index (κ2) is 8.68. The van der Waals surface area contributed by atoms with Gasteiger partial charge in [0.15, 0.2) is 11.5 Å². The fourth-order valence-electron chi connectivity index (χ4n) is 3.91. The number of ether oxygens (including phenoxy) is 2. The summed E-state index contributed by atoms with van der Waals surface area (Å²) in [6, 6.07) is 10.3. The molecule has 0 spiro atoms. The number of halogens is 1. The molecular formula is C22H26FN3O3. The zero-order chi connectivity index (χ0) is 20.2. The molecule has 6 nitrogen and oxygen atoms in total. The van der Waals surface area contributed by atoms with Gasteiger partial charge in [0.1, 0.15) is 17.7 Å². The lowest BCUT2D eigenvalue weighted by Gasteiger charge is -2.37. The van der Waals surface area contributed by atoms with Crippen LogP contribution < -0.4 is 19.7 Å². The van der Waals surface area contributed by atoms with Crippen molar-refractivity contribution in [2.45, 2.75) is 37.8 Å². The average molecular weight is 399 g/mol. The predicted molar refractivity (Wildman–Crippen MR) is 108 cm³/mol. The van der Waals surface area contributed by atoms with Gasteiger partial charge in [0, 0.05) is 37.3 Å². The van der Waals surface area contributed by atoms with Gasteiger partial charge >= 0.3 is 0 Å². The molecule has 1 N–H and O–H groups in total.